The Hall–Kier alpha value is -2.82. The van der Waals surface area contributed by atoms with Gasteiger partial charge in [-0.05, 0) is 54.0 Å². The van der Waals surface area contributed by atoms with Crippen molar-refractivity contribution in [1.29, 1.82) is 0 Å². The van der Waals surface area contributed by atoms with E-state index < -0.39 is 6.04 Å². The Bertz CT molecular complexity index is 861. The number of carbonyl (C=O) groups excluding carboxylic acids is 2. The summed E-state index contributed by atoms with van der Waals surface area (Å²) in [4.78, 5) is 27.9. The Kier molecular flexibility index (Phi) is 10.3. The van der Waals surface area contributed by atoms with Crippen LogP contribution in [-0.4, -0.2) is 36.4 Å². The summed E-state index contributed by atoms with van der Waals surface area (Å²) in [5, 5.41) is 2.96. The third kappa shape index (κ3) is 7.40. The summed E-state index contributed by atoms with van der Waals surface area (Å²) in [6.07, 6.45) is 2.44. The fourth-order valence-electron chi connectivity index (χ4n) is 3.72. The predicted molar refractivity (Wildman–Crippen MR) is 130 cm³/mol. The summed E-state index contributed by atoms with van der Waals surface area (Å²) in [6.45, 7) is 9.30. The first kappa shape index (κ1) is 25.4. The average molecular weight is 439 g/mol. The van der Waals surface area contributed by atoms with E-state index in [2.05, 4.69) is 43.4 Å². The van der Waals surface area contributed by atoms with Gasteiger partial charge in [-0.25, -0.2) is 0 Å². The van der Waals surface area contributed by atoms with Crippen molar-refractivity contribution in [2.24, 2.45) is 0 Å². The normalized spacial score (nSPS) is 11.8. The smallest absolute Gasteiger partial charge is 0.242 e. The number of benzene rings is 2. The topological polar surface area (TPSA) is 58.6 Å². The third-order valence-corrected chi connectivity index (χ3v) is 5.70. The van der Waals surface area contributed by atoms with Gasteiger partial charge in [0.05, 0.1) is 7.11 Å². The highest BCUT2D eigenvalue weighted by molar-refractivity contribution is 5.87. The van der Waals surface area contributed by atoms with Gasteiger partial charge >= 0.3 is 0 Å². The van der Waals surface area contributed by atoms with Gasteiger partial charge in [0, 0.05) is 19.5 Å². The van der Waals surface area contributed by atoms with Gasteiger partial charge in [-0.2, -0.15) is 0 Å². The molecule has 2 aromatic carbocycles. The SMILES string of the molecule is CCCNC(=O)[C@H](CC)N(Cc1cccc(OC)c1)C(=O)CCc1ccc(C(C)C)cc1. The van der Waals surface area contributed by atoms with Crippen molar-refractivity contribution in [1.82, 2.24) is 10.2 Å². The fourth-order valence-corrected chi connectivity index (χ4v) is 3.72. The molecule has 1 N–H and O–H groups in total. The van der Waals surface area contributed by atoms with E-state index in [1.165, 1.54) is 5.56 Å². The van der Waals surface area contributed by atoms with Gasteiger partial charge in [-0.1, -0.05) is 64.1 Å². The maximum absolute atomic E-state index is 13.3. The number of hydrogen-bond acceptors (Lipinski definition) is 3. The minimum atomic E-state index is -0.497. The summed E-state index contributed by atoms with van der Waals surface area (Å²) in [5.74, 6) is 1.12. The fraction of sp³-hybridized carbons (Fsp3) is 0.481. The Morgan fingerprint density at radius 2 is 1.75 bits per heavy atom. The number of hydrogen-bond donors (Lipinski definition) is 1. The highest BCUT2D eigenvalue weighted by Gasteiger charge is 2.28. The average Bonchev–Trinajstić information content (AvgIpc) is 2.81. The van der Waals surface area contributed by atoms with Crippen LogP contribution in [0.15, 0.2) is 48.5 Å². The van der Waals surface area contributed by atoms with Crippen molar-refractivity contribution < 1.29 is 14.3 Å². The highest BCUT2D eigenvalue weighted by Crippen LogP contribution is 2.19. The lowest BCUT2D eigenvalue weighted by Gasteiger charge is -2.31. The summed E-state index contributed by atoms with van der Waals surface area (Å²) in [6, 6.07) is 15.6. The Labute approximate surface area is 193 Å². The van der Waals surface area contributed by atoms with Crippen molar-refractivity contribution in [3.63, 3.8) is 0 Å². The standard InChI is InChI=1S/C27H38N2O3/c1-6-17-28-27(31)25(7-2)29(19-22-9-8-10-24(18-22)32-5)26(30)16-13-21-11-14-23(15-12-21)20(3)4/h8-12,14-15,18,20,25H,6-7,13,16-17,19H2,1-5H3,(H,28,31)/t25-/m0/s1. The molecule has 0 aliphatic heterocycles. The van der Waals surface area contributed by atoms with Crippen LogP contribution in [0.4, 0.5) is 0 Å². The molecule has 0 heterocycles. The number of methoxy groups -OCH3 is 1. The molecule has 174 valence electrons. The van der Waals surface area contributed by atoms with Crippen LogP contribution in [0.25, 0.3) is 0 Å². The zero-order valence-electron chi connectivity index (χ0n) is 20.2. The van der Waals surface area contributed by atoms with E-state index in [4.69, 9.17) is 4.74 Å². The molecule has 2 aromatic rings. The summed E-state index contributed by atoms with van der Waals surface area (Å²) in [7, 11) is 1.62. The molecule has 2 amide bonds. The van der Waals surface area contributed by atoms with E-state index in [9.17, 15) is 9.59 Å². The molecule has 2 rings (SSSR count). The molecule has 0 bridgehead atoms. The van der Waals surface area contributed by atoms with Crippen molar-refractivity contribution in [3.05, 3.63) is 65.2 Å². The molecule has 0 spiro atoms. The minimum absolute atomic E-state index is 0.0146. The van der Waals surface area contributed by atoms with E-state index in [0.717, 1.165) is 23.3 Å². The van der Waals surface area contributed by atoms with Gasteiger partial charge < -0.3 is 15.0 Å². The molecule has 1 atom stereocenters. The van der Waals surface area contributed by atoms with E-state index in [1.807, 2.05) is 38.1 Å². The number of aryl methyl sites for hydroxylation is 1. The zero-order chi connectivity index (χ0) is 23.5. The summed E-state index contributed by atoms with van der Waals surface area (Å²) >= 11 is 0. The van der Waals surface area contributed by atoms with E-state index in [-0.39, 0.29) is 11.8 Å². The number of ether oxygens (including phenoxy) is 1. The molecule has 0 saturated carbocycles. The second-order valence-electron chi connectivity index (χ2n) is 8.48. The minimum Gasteiger partial charge on any atom is -0.497 e. The van der Waals surface area contributed by atoms with E-state index in [0.29, 0.717) is 38.3 Å². The van der Waals surface area contributed by atoms with Crippen molar-refractivity contribution in [2.45, 2.75) is 71.9 Å². The van der Waals surface area contributed by atoms with Gasteiger partial charge in [0.2, 0.25) is 11.8 Å². The quantitative estimate of drug-likeness (QED) is 0.502. The van der Waals surface area contributed by atoms with Crippen molar-refractivity contribution >= 4 is 11.8 Å². The molecule has 0 aromatic heterocycles. The Morgan fingerprint density at radius 3 is 2.34 bits per heavy atom. The molecule has 0 radical (unpaired) electrons. The molecular formula is C27H38N2O3. The first-order valence-corrected chi connectivity index (χ1v) is 11.7. The van der Waals surface area contributed by atoms with Crippen LogP contribution in [0.2, 0.25) is 0 Å². The van der Waals surface area contributed by atoms with Gasteiger partial charge in [0.25, 0.3) is 0 Å². The first-order valence-electron chi connectivity index (χ1n) is 11.7. The van der Waals surface area contributed by atoms with Crippen LogP contribution in [0.3, 0.4) is 0 Å². The van der Waals surface area contributed by atoms with E-state index in [1.54, 1.807) is 12.0 Å². The Morgan fingerprint density at radius 1 is 1.03 bits per heavy atom. The number of carbonyl (C=O) groups is 2. The molecule has 0 saturated heterocycles. The molecule has 32 heavy (non-hydrogen) atoms. The lowest BCUT2D eigenvalue weighted by molar-refractivity contribution is -0.141. The van der Waals surface area contributed by atoms with Gasteiger partial charge in [-0.15, -0.1) is 0 Å². The van der Waals surface area contributed by atoms with Crippen LogP contribution in [-0.2, 0) is 22.6 Å². The number of rotatable bonds is 12. The molecule has 5 nitrogen and oxygen atoms in total. The monoisotopic (exact) mass is 438 g/mol. The lowest BCUT2D eigenvalue weighted by atomic mass is 10.00. The largest absolute Gasteiger partial charge is 0.497 e. The van der Waals surface area contributed by atoms with Crippen molar-refractivity contribution in [3.8, 4) is 5.75 Å². The first-order chi connectivity index (χ1) is 15.4. The van der Waals surface area contributed by atoms with Crippen LogP contribution in [0.5, 0.6) is 5.75 Å². The van der Waals surface area contributed by atoms with Crippen LogP contribution >= 0.6 is 0 Å². The van der Waals surface area contributed by atoms with Gasteiger partial charge in [-0.3, -0.25) is 9.59 Å². The van der Waals surface area contributed by atoms with Crippen molar-refractivity contribution in [2.75, 3.05) is 13.7 Å². The molecular weight excluding hydrogens is 400 g/mol. The molecule has 0 fully saturated rings. The van der Waals surface area contributed by atoms with Crippen LogP contribution in [0, 0.1) is 0 Å². The summed E-state index contributed by atoms with van der Waals surface area (Å²) < 4.78 is 5.33. The second-order valence-corrected chi connectivity index (χ2v) is 8.48. The lowest BCUT2D eigenvalue weighted by Crippen LogP contribution is -2.49. The molecule has 5 heteroatoms. The third-order valence-electron chi connectivity index (χ3n) is 5.70. The van der Waals surface area contributed by atoms with Gasteiger partial charge in [0.15, 0.2) is 0 Å². The van der Waals surface area contributed by atoms with E-state index >= 15 is 0 Å². The zero-order valence-corrected chi connectivity index (χ0v) is 20.2. The predicted octanol–water partition coefficient (Wildman–Crippen LogP) is 5.08. The number of nitrogens with zero attached hydrogens (tertiary/aromatic N) is 1. The highest BCUT2D eigenvalue weighted by atomic mass is 16.5. The molecule has 0 aliphatic carbocycles. The number of nitrogens with one attached hydrogen (secondary N) is 1. The van der Waals surface area contributed by atoms with Crippen LogP contribution in [0.1, 0.15) is 69.6 Å². The summed E-state index contributed by atoms with van der Waals surface area (Å²) in [5.41, 5.74) is 3.37. The second kappa shape index (κ2) is 12.9. The maximum Gasteiger partial charge on any atom is 0.242 e. The Balaban J connectivity index is 2.18. The maximum atomic E-state index is 13.3. The molecule has 0 aliphatic rings. The molecule has 0 unspecified atom stereocenters. The van der Waals surface area contributed by atoms with Crippen LogP contribution < -0.4 is 10.1 Å². The number of amides is 2. The van der Waals surface area contributed by atoms with Gasteiger partial charge in [0.1, 0.15) is 11.8 Å².